The summed E-state index contributed by atoms with van der Waals surface area (Å²) in [5, 5.41) is 22.1. The minimum absolute atomic E-state index is 0.108. The molecule has 8 heteroatoms. The van der Waals surface area contributed by atoms with Gasteiger partial charge in [0.2, 0.25) is 0 Å². The minimum atomic E-state index is -1.02. The number of ether oxygens (including phenoxy) is 2. The molecular weight excluding hydrogens is 470 g/mol. The van der Waals surface area contributed by atoms with Crippen molar-refractivity contribution in [1.29, 1.82) is 0 Å². The quantitative estimate of drug-likeness (QED) is 0.271. The fraction of sp³-hybridized carbons (Fsp3) is 0.185. The number of nitrogens with zero attached hydrogens (tertiary/aromatic N) is 1. The number of carbonyl (C=O) groups is 2. The first-order chi connectivity index (χ1) is 16.8. The van der Waals surface area contributed by atoms with Crippen LogP contribution in [0.25, 0.3) is 5.76 Å². The van der Waals surface area contributed by atoms with E-state index in [0.717, 1.165) is 5.56 Å². The lowest BCUT2D eigenvalue weighted by atomic mass is 9.94. The topological polar surface area (TPSA) is 96.3 Å². The van der Waals surface area contributed by atoms with E-state index in [9.17, 15) is 19.8 Å². The van der Waals surface area contributed by atoms with E-state index in [4.69, 9.17) is 21.1 Å². The molecule has 3 aromatic rings. The van der Waals surface area contributed by atoms with Gasteiger partial charge in [0, 0.05) is 16.3 Å². The zero-order chi connectivity index (χ0) is 25.3. The largest absolute Gasteiger partial charge is 0.507 e. The Morgan fingerprint density at radius 1 is 1.06 bits per heavy atom. The number of ketones is 1. The van der Waals surface area contributed by atoms with Gasteiger partial charge in [-0.2, -0.15) is 0 Å². The summed E-state index contributed by atoms with van der Waals surface area (Å²) in [5.41, 5.74) is 1.80. The Morgan fingerprint density at radius 2 is 1.80 bits per heavy atom. The van der Waals surface area contributed by atoms with Crippen molar-refractivity contribution in [3.05, 3.63) is 87.9 Å². The van der Waals surface area contributed by atoms with Crippen molar-refractivity contribution in [3.63, 3.8) is 0 Å². The van der Waals surface area contributed by atoms with Gasteiger partial charge in [0.1, 0.15) is 11.5 Å². The summed E-state index contributed by atoms with van der Waals surface area (Å²) >= 11 is 6.17. The Bertz CT molecular complexity index is 1350. The van der Waals surface area contributed by atoms with Crippen molar-refractivity contribution in [2.24, 2.45) is 0 Å². The maximum atomic E-state index is 13.3. The number of phenolic OH excluding ortho intramolecular Hbond substituents is 1. The predicted molar refractivity (Wildman–Crippen MR) is 133 cm³/mol. The lowest BCUT2D eigenvalue weighted by molar-refractivity contribution is -0.132. The molecule has 0 radical (unpaired) electrons. The van der Waals surface area contributed by atoms with Crippen LogP contribution in [0.15, 0.2) is 66.2 Å². The van der Waals surface area contributed by atoms with Gasteiger partial charge in [-0.15, -0.1) is 0 Å². The van der Waals surface area contributed by atoms with Gasteiger partial charge in [0.05, 0.1) is 25.3 Å². The third kappa shape index (κ3) is 4.42. The van der Waals surface area contributed by atoms with Crippen LogP contribution in [-0.4, -0.2) is 35.6 Å². The first-order valence-electron chi connectivity index (χ1n) is 10.9. The van der Waals surface area contributed by atoms with E-state index in [2.05, 4.69) is 0 Å². The highest BCUT2D eigenvalue weighted by molar-refractivity contribution is 6.51. The molecule has 3 aromatic carbocycles. The van der Waals surface area contributed by atoms with Crippen molar-refractivity contribution in [2.75, 3.05) is 18.6 Å². The lowest BCUT2D eigenvalue weighted by Gasteiger charge is -2.26. The molecule has 2 N–H and O–H groups in total. The molecule has 1 atom stereocenters. The number of aryl methyl sites for hydroxylation is 1. The molecule has 0 bridgehead atoms. The average molecular weight is 494 g/mol. The summed E-state index contributed by atoms with van der Waals surface area (Å²) in [6.07, 6.45) is 0. The number of phenols is 1. The summed E-state index contributed by atoms with van der Waals surface area (Å²) in [6, 6.07) is 15.1. The molecule has 0 saturated carbocycles. The third-order valence-electron chi connectivity index (χ3n) is 5.80. The number of methoxy groups -OCH3 is 1. The van der Waals surface area contributed by atoms with Gasteiger partial charge in [-0.1, -0.05) is 23.7 Å². The number of amides is 1. The number of anilines is 1. The number of halogens is 1. The second-order valence-corrected chi connectivity index (χ2v) is 8.43. The number of benzene rings is 3. The molecule has 1 unspecified atom stereocenters. The zero-order valence-corrected chi connectivity index (χ0v) is 20.2. The molecule has 0 aromatic heterocycles. The number of aliphatic hydroxyl groups excluding tert-OH is 1. The first kappa shape index (κ1) is 24.2. The highest BCUT2D eigenvalue weighted by Gasteiger charge is 2.47. The van der Waals surface area contributed by atoms with Crippen LogP contribution < -0.4 is 14.4 Å². The molecule has 1 heterocycles. The molecular formula is C27H24ClNO6. The van der Waals surface area contributed by atoms with Crippen LogP contribution in [0.4, 0.5) is 5.69 Å². The fourth-order valence-corrected chi connectivity index (χ4v) is 4.37. The number of hydrogen-bond donors (Lipinski definition) is 2. The van der Waals surface area contributed by atoms with Crippen LogP contribution in [0.2, 0.25) is 5.02 Å². The van der Waals surface area contributed by atoms with E-state index in [1.54, 1.807) is 48.5 Å². The van der Waals surface area contributed by atoms with Crippen LogP contribution in [0.1, 0.15) is 29.7 Å². The Hall–Kier alpha value is -3.97. The van der Waals surface area contributed by atoms with E-state index in [-0.39, 0.29) is 22.8 Å². The van der Waals surface area contributed by atoms with Crippen LogP contribution in [0.5, 0.6) is 17.2 Å². The number of rotatable bonds is 6. The van der Waals surface area contributed by atoms with Crippen LogP contribution in [0, 0.1) is 6.92 Å². The van der Waals surface area contributed by atoms with Gasteiger partial charge in [-0.25, -0.2) is 0 Å². The smallest absolute Gasteiger partial charge is 0.300 e. The highest BCUT2D eigenvalue weighted by atomic mass is 35.5. The van der Waals surface area contributed by atoms with Gasteiger partial charge in [0.25, 0.3) is 11.7 Å². The molecule has 0 spiro atoms. The molecule has 1 aliphatic rings. The molecule has 1 fully saturated rings. The van der Waals surface area contributed by atoms with Gasteiger partial charge in [0.15, 0.2) is 11.5 Å². The maximum Gasteiger partial charge on any atom is 0.300 e. The minimum Gasteiger partial charge on any atom is -0.507 e. The second-order valence-electron chi connectivity index (χ2n) is 7.99. The van der Waals surface area contributed by atoms with Crippen molar-refractivity contribution in [2.45, 2.75) is 19.9 Å². The molecule has 1 amide bonds. The van der Waals surface area contributed by atoms with Gasteiger partial charge >= 0.3 is 0 Å². The molecule has 7 nitrogen and oxygen atoms in total. The first-order valence-corrected chi connectivity index (χ1v) is 11.3. The molecule has 180 valence electrons. The number of carbonyl (C=O) groups excluding carboxylic acids is 2. The van der Waals surface area contributed by atoms with E-state index in [1.807, 2.05) is 13.8 Å². The van der Waals surface area contributed by atoms with Gasteiger partial charge in [-0.05, 0) is 73.5 Å². The highest BCUT2D eigenvalue weighted by Crippen LogP contribution is 2.44. The Labute approximate surface area is 207 Å². The summed E-state index contributed by atoms with van der Waals surface area (Å²) in [6.45, 7) is 4.18. The van der Waals surface area contributed by atoms with E-state index < -0.39 is 17.7 Å². The monoisotopic (exact) mass is 493 g/mol. The second kappa shape index (κ2) is 9.72. The van der Waals surface area contributed by atoms with Crippen LogP contribution in [0.3, 0.4) is 0 Å². The SMILES string of the molecule is CCOc1ccc(/C(O)=C2/C(=O)C(=O)N(c3cccc(Cl)c3)C2c2ccc(OC)c(O)c2)cc1C. The van der Waals surface area contributed by atoms with Crippen molar-refractivity contribution >= 4 is 34.7 Å². The maximum absolute atomic E-state index is 13.3. The summed E-state index contributed by atoms with van der Waals surface area (Å²) in [4.78, 5) is 27.8. The zero-order valence-electron chi connectivity index (χ0n) is 19.4. The van der Waals surface area contributed by atoms with Crippen LogP contribution in [-0.2, 0) is 9.59 Å². The lowest BCUT2D eigenvalue weighted by Crippen LogP contribution is -2.29. The van der Waals surface area contributed by atoms with E-state index >= 15 is 0 Å². The van der Waals surface area contributed by atoms with Crippen molar-refractivity contribution in [1.82, 2.24) is 0 Å². The van der Waals surface area contributed by atoms with Crippen molar-refractivity contribution in [3.8, 4) is 17.2 Å². The van der Waals surface area contributed by atoms with Gasteiger partial charge in [-0.3, -0.25) is 14.5 Å². The normalized spacial score (nSPS) is 17.0. The van der Waals surface area contributed by atoms with Crippen molar-refractivity contribution < 1.29 is 29.3 Å². The molecule has 1 aliphatic heterocycles. The molecule has 4 rings (SSSR count). The predicted octanol–water partition coefficient (Wildman–Crippen LogP) is 5.39. The summed E-state index contributed by atoms with van der Waals surface area (Å²) < 4.78 is 10.7. The molecule has 0 aliphatic carbocycles. The van der Waals surface area contributed by atoms with Crippen LogP contribution >= 0.6 is 11.6 Å². The molecule has 35 heavy (non-hydrogen) atoms. The summed E-state index contributed by atoms with van der Waals surface area (Å²) in [5.74, 6) is -1.29. The third-order valence-corrected chi connectivity index (χ3v) is 6.03. The fourth-order valence-electron chi connectivity index (χ4n) is 4.19. The Morgan fingerprint density at radius 3 is 2.43 bits per heavy atom. The Kier molecular flexibility index (Phi) is 6.71. The number of Topliss-reactive ketones (excluding diaryl/α,β-unsaturated/α-hetero) is 1. The molecule has 1 saturated heterocycles. The average Bonchev–Trinajstić information content (AvgIpc) is 3.10. The summed E-state index contributed by atoms with van der Waals surface area (Å²) in [7, 11) is 1.42. The number of hydrogen-bond acceptors (Lipinski definition) is 6. The van der Waals surface area contributed by atoms with E-state index in [1.165, 1.54) is 24.1 Å². The van der Waals surface area contributed by atoms with E-state index in [0.29, 0.717) is 34.2 Å². The van der Waals surface area contributed by atoms with Gasteiger partial charge < -0.3 is 19.7 Å². The standard InChI is InChI=1S/C27H24ClNO6/c1-4-35-21-10-9-17(12-15(21)2)25(31)23-24(16-8-11-22(34-3)20(30)13-16)29(27(33)26(23)32)19-7-5-6-18(28)14-19/h5-14,24,30-31H,4H2,1-3H3/b25-23-. The number of aromatic hydroxyl groups is 1. The Balaban J connectivity index is 1.93. The number of aliphatic hydroxyl groups is 1.